The second-order valence-electron chi connectivity index (χ2n) is 3.74. The molecule has 102 valence electrons. The van der Waals surface area contributed by atoms with E-state index in [9.17, 15) is 18.0 Å². The lowest BCUT2D eigenvalue weighted by Crippen LogP contribution is -2.34. The SMILES string of the molecule is CCCN(CC(F)(F)F)c1nc(C(=O)O)c(C)s1. The monoisotopic (exact) mass is 282 g/mol. The summed E-state index contributed by atoms with van der Waals surface area (Å²) in [5.74, 6) is -1.22. The van der Waals surface area contributed by atoms with E-state index in [1.807, 2.05) is 0 Å². The summed E-state index contributed by atoms with van der Waals surface area (Å²) >= 11 is 0.965. The predicted molar refractivity (Wildman–Crippen MR) is 62.4 cm³/mol. The minimum Gasteiger partial charge on any atom is -0.476 e. The molecule has 1 heterocycles. The van der Waals surface area contributed by atoms with Crippen LogP contribution in [-0.2, 0) is 0 Å². The average molecular weight is 282 g/mol. The number of carboxylic acids is 1. The van der Waals surface area contributed by atoms with Gasteiger partial charge in [-0.2, -0.15) is 13.2 Å². The molecule has 0 fully saturated rings. The molecule has 0 saturated carbocycles. The standard InChI is InChI=1S/C10H13F3N2O2S/c1-3-4-15(5-10(11,12)13)9-14-7(8(16)17)6(2)18-9/h3-5H2,1-2H3,(H,16,17). The van der Waals surface area contributed by atoms with Crippen molar-refractivity contribution in [1.82, 2.24) is 4.98 Å². The van der Waals surface area contributed by atoms with E-state index < -0.39 is 18.7 Å². The maximum absolute atomic E-state index is 12.4. The van der Waals surface area contributed by atoms with Gasteiger partial charge in [-0.05, 0) is 13.3 Å². The van der Waals surface area contributed by atoms with E-state index >= 15 is 0 Å². The third-order valence-corrected chi connectivity index (χ3v) is 3.15. The largest absolute Gasteiger partial charge is 0.476 e. The predicted octanol–water partition coefficient (Wildman–Crippen LogP) is 2.93. The van der Waals surface area contributed by atoms with Crippen LogP contribution in [0.4, 0.5) is 18.3 Å². The Hall–Kier alpha value is -1.31. The Morgan fingerprint density at radius 3 is 2.50 bits per heavy atom. The van der Waals surface area contributed by atoms with Crippen LogP contribution in [0.25, 0.3) is 0 Å². The first kappa shape index (κ1) is 14.7. The Morgan fingerprint density at radius 2 is 2.11 bits per heavy atom. The third kappa shape index (κ3) is 3.86. The van der Waals surface area contributed by atoms with Crippen LogP contribution in [-0.4, -0.2) is 35.3 Å². The number of halogens is 3. The summed E-state index contributed by atoms with van der Waals surface area (Å²) in [6, 6.07) is 0. The highest BCUT2D eigenvalue weighted by molar-refractivity contribution is 7.15. The molecule has 0 aliphatic rings. The number of thiazole rings is 1. The molecule has 0 aliphatic carbocycles. The number of alkyl halides is 3. The fourth-order valence-electron chi connectivity index (χ4n) is 1.44. The highest BCUT2D eigenvalue weighted by Crippen LogP contribution is 2.28. The van der Waals surface area contributed by atoms with Crippen LogP contribution in [0.1, 0.15) is 28.7 Å². The number of carboxylic acid groups (broad SMARTS) is 1. The maximum atomic E-state index is 12.4. The van der Waals surface area contributed by atoms with Gasteiger partial charge in [0.25, 0.3) is 0 Å². The Balaban J connectivity index is 2.99. The molecule has 1 rings (SSSR count). The lowest BCUT2D eigenvalue weighted by molar-refractivity contribution is -0.119. The number of aryl methyl sites for hydroxylation is 1. The number of anilines is 1. The molecule has 0 bridgehead atoms. The van der Waals surface area contributed by atoms with Gasteiger partial charge in [0, 0.05) is 11.4 Å². The number of hydrogen-bond donors (Lipinski definition) is 1. The van der Waals surface area contributed by atoms with Gasteiger partial charge in [-0.25, -0.2) is 9.78 Å². The molecule has 0 saturated heterocycles. The first-order valence-electron chi connectivity index (χ1n) is 5.27. The quantitative estimate of drug-likeness (QED) is 0.902. The fraction of sp³-hybridized carbons (Fsp3) is 0.600. The van der Waals surface area contributed by atoms with Gasteiger partial charge in [-0.15, -0.1) is 11.3 Å². The maximum Gasteiger partial charge on any atom is 0.406 e. The van der Waals surface area contributed by atoms with Gasteiger partial charge in [-0.3, -0.25) is 0 Å². The van der Waals surface area contributed by atoms with Crippen molar-refractivity contribution in [3.63, 3.8) is 0 Å². The lowest BCUT2D eigenvalue weighted by atomic mass is 10.4. The fourth-order valence-corrected chi connectivity index (χ4v) is 2.37. The Morgan fingerprint density at radius 1 is 1.50 bits per heavy atom. The van der Waals surface area contributed by atoms with Crippen molar-refractivity contribution in [3.8, 4) is 0 Å². The molecule has 0 atom stereocenters. The first-order valence-corrected chi connectivity index (χ1v) is 6.08. The minimum atomic E-state index is -4.34. The summed E-state index contributed by atoms with van der Waals surface area (Å²) in [4.78, 5) is 16.0. The van der Waals surface area contributed by atoms with Gasteiger partial charge < -0.3 is 10.0 Å². The molecule has 18 heavy (non-hydrogen) atoms. The first-order chi connectivity index (χ1) is 8.24. The van der Waals surface area contributed by atoms with Crippen LogP contribution in [0, 0.1) is 6.92 Å². The van der Waals surface area contributed by atoms with Crippen LogP contribution < -0.4 is 4.90 Å². The number of aromatic carboxylic acids is 1. The van der Waals surface area contributed by atoms with Gasteiger partial charge >= 0.3 is 12.1 Å². The van der Waals surface area contributed by atoms with Crippen LogP contribution in [0.15, 0.2) is 0 Å². The molecule has 1 aromatic heterocycles. The Kier molecular flexibility index (Phi) is 4.55. The minimum absolute atomic E-state index is 0.101. The number of rotatable bonds is 5. The molecule has 0 aliphatic heterocycles. The summed E-state index contributed by atoms with van der Waals surface area (Å²) < 4.78 is 37.2. The van der Waals surface area contributed by atoms with E-state index in [1.54, 1.807) is 6.92 Å². The van der Waals surface area contributed by atoms with Gasteiger partial charge in [0.2, 0.25) is 0 Å². The van der Waals surface area contributed by atoms with Crippen molar-refractivity contribution in [2.75, 3.05) is 18.0 Å². The number of carbonyl (C=O) groups is 1. The third-order valence-electron chi connectivity index (χ3n) is 2.12. The van der Waals surface area contributed by atoms with Gasteiger partial charge in [-0.1, -0.05) is 6.92 Å². The second kappa shape index (κ2) is 5.55. The van der Waals surface area contributed by atoms with Crippen LogP contribution in [0.2, 0.25) is 0 Å². The second-order valence-corrected chi connectivity index (χ2v) is 4.92. The molecule has 0 unspecified atom stereocenters. The van der Waals surface area contributed by atoms with E-state index in [0.29, 0.717) is 11.3 Å². The van der Waals surface area contributed by atoms with E-state index in [2.05, 4.69) is 4.98 Å². The van der Waals surface area contributed by atoms with Crippen LogP contribution in [0.5, 0.6) is 0 Å². The van der Waals surface area contributed by atoms with E-state index in [4.69, 9.17) is 5.11 Å². The zero-order valence-corrected chi connectivity index (χ0v) is 10.7. The molecule has 1 aromatic rings. The molecule has 0 amide bonds. The van der Waals surface area contributed by atoms with Crippen LogP contribution >= 0.6 is 11.3 Å². The molecule has 0 aromatic carbocycles. The molecule has 8 heteroatoms. The van der Waals surface area contributed by atoms with E-state index in [-0.39, 0.29) is 17.4 Å². The topological polar surface area (TPSA) is 53.4 Å². The number of nitrogens with zero attached hydrogens (tertiary/aromatic N) is 2. The Bertz CT molecular complexity index is 431. The van der Waals surface area contributed by atoms with Gasteiger partial charge in [0.1, 0.15) is 6.54 Å². The highest BCUT2D eigenvalue weighted by Gasteiger charge is 2.32. The van der Waals surface area contributed by atoms with Crippen molar-refractivity contribution in [2.24, 2.45) is 0 Å². The highest BCUT2D eigenvalue weighted by atomic mass is 32.1. The molecule has 0 radical (unpaired) electrons. The molecule has 4 nitrogen and oxygen atoms in total. The molecular formula is C10H13F3N2O2S. The van der Waals surface area contributed by atoms with Crippen molar-refractivity contribution in [3.05, 3.63) is 10.6 Å². The molecule has 0 spiro atoms. The van der Waals surface area contributed by atoms with E-state index in [0.717, 1.165) is 16.2 Å². The van der Waals surface area contributed by atoms with E-state index in [1.165, 1.54) is 6.92 Å². The number of hydrogen-bond acceptors (Lipinski definition) is 4. The summed E-state index contributed by atoms with van der Waals surface area (Å²) in [7, 11) is 0. The average Bonchev–Trinajstić information content (AvgIpc) is 2.57. The summed E-state index contributed by atoms with van der Waals surface area (Å²) in [6.45, 7) is 2.35. The van der Waals surface area contributed by atoms with Crippen molar-refractivity contribution in [2.45, 2.75) is 26.4 Å². The Labute approximate surface area is 106 Å². The van der Waals surface area contributed by atoms with Gasteiger partial charge in [0.15, 0.2) is 10.8 Å². The zero-order valence-electron chi connectivity index (χ0n) is 9.91. The molecular weight excluding hydrogens is 269 g/mol. The molecule has 1 N–H and O–H groups in total. The summed E-state index contributed by atoms with van der Waals surface area (Å²) in [6.07, 6.45) is -3.81. The summed E-state index contributed by atoms with van der Waals surface area (Å²) in [5.41, 5.74) is -0.182. The smallest absolute Gasteiger partial charge is 0.406 e. The van der Waals surface area contributed by atoms with Crippen molar-refractivity contribution >= 4 is 22.4 Å². The lowest BCUT2D eigenvalue weighted by Gasteiger charge is -2.22. The van der Waals surface area contributed by atoms with Gasteiger partial charge in [0.05, 0.1) is 0 Å². The number of aromatic nitrogens is 1. The normalized spacial score (nSPS) is 11.6. The van der Waals surface area contributed by atoms with Crippen molar-refractivity contribution in [1.29, 1.82) is 0 Å². The zero-order chi connectivity index (χ0) is 13.9. The van der Waals surface area contributed by atoms with Crippen molar-refractivity contribution < 1.29 is 23.1 Å². The van der Waals surface area contributed by atoms with Crippen LogP contribution in [0.3, 0.4) is 0 Å². The summed E-state index contributed by atoms with van der Waals surface area (Å²) in [5, 5.41) is 8.93.